The van der Waals surface area contributed by atoms with E-state index in [4.69, 9.17) is 0 Å². The first-order valence-electron chi connectivity index (χ1n) is 5.03. The van der Waals surface area contributed by atoms with Crippen LogP contribution in [0.1, 0.15) is 19.8 Å². The van der Waals surface area contributed by atoms with Crippen molar-refractivity contribution in [2.45, 2.75) is 19.8 Å². The third-order valence-electron chi connectivity index (χ3n) is 2.00. The van der Waals surface area contributed by atoms with E-state index in [1.807, 2.05) is 6.92 Å². The number of carbonyl (C=O) groups is 2. The van der Waals surface area contributed by atoms with Crippen LogP contribution in [0.25, 0.3) is 0 Å². The molecule has 0 heterocycles. The zero-order valence-corrected chi connectivity index (χ0v) is 8.43. The fraction of sp³-hybridized carbons (Fsp3) is 0.778. The van der Waals surface area contributed by atoms with Gasteiger partial charge in [0, 0.05) is 25.6 Å². The molecule has 80 valence electrons. The fourth-order valence-corrected chi connectivity index (χ4v) is 1.07. The van der Waals surface area contributed by atoms with Crippen LogP contribution in [0.4, 0.5) is 4.79 Å². The van der Waals surface area contributed by atoms with Crippen LogP contribution in [0, 0.1) is 5.92 Å². The number of urea groups is 1. The van der Waals surface area contributed by atoms with Crippen molar-refractivity contribution in [1.29, 1.82) is 0 Å². The molecule has 1 aliphatic carbocycles. The molecule has 0 aliphatic heterocycles. The van der Waals surface area contributed by atoms with E-state index < -0.39 is 0 Å². The second kappa shape index (κ2) is 5.47. The van der Waals surface area contributed by atoms with Gasteiger partial charge in [0.1, 0.15) is 0 Å². The number of nitrogens with one attached hydrogen (secondary N) is 3. The van der Waals surface area contributed by atoms with Gasteiger partial charge in [-0.1, -0.05) is 0 Å². The smallest absolute Gasteiger partial charge is 0.314 e. The van der Waals surface area contributed by atoms with Crippen molar-refractivity contribution in [2.24, 2.45) is 5.92 Å². The molecule has 3 amide bonds. The zero-order chi connectivity index (χ0) is 10.4. The molecule has 5 heteroatoms. The molecule has 0 aromatic heterocycles. The Labute approximate surface area is 83.6 Å². The first-order chi connectivity index (χ1) is 6.74. The molecule has 1 rings (SSSR count). The summed E-state index contributed by atoms with van der Waals surface area (Å²) in [5, 5.41) is 8.00. The molecule has 0 radical (unpaired) electrons. The van der Waals surface area contributed by atoms with E-state index in [1.165, 1.54) is 0 Å². The van der Waals surface area contributed by atoms with E-state index in [0.717, 1.165) is 12.8 Å². The lowest BCUT2D eigenvalue weighted by Crippen LogP contribution is -2.40. The minimum Gasteiger partial charge on any atom is -0.354 e. The highest BCUT2D eigenvalue weighted by Crippen LogP contribution is 2.28. The normalized spacial score (nSPS) is 14.6. The maximum absolute atomic E-state index is 11.1. The Kier molecular flexibility index (Phi) is 4.22. The summed E-state index contributed by atoms with van der Waals surface area (Å²) in [5.74, 6) is 0.349. The standard InChI is InChI=1S/C9H17N3O2/c1-2-10-9(14)12-6-5-11-8(13)7-3-4-7/h7H,2-6H2,1H3,(H,11,13)(H2,10,12,14). The van der Waals surface area contributed by atoms with E-state index in [9.17, 15) is 9.59 Å². The number of amides is 3. The fourth-order valence-electron chi connectivity index (χ4n) is 1.07. The van der Waals surface area contributed by atoms with Crippen LogP contribution in [-0.4, -0.2) is 31.6 Å². The maximum Gasteiger partial charge on any atom is 0.314 e. The van der Waals surface area contributed by atoms with E-state index in [-0.39, 0.29) is 17.9 Å². The number of hydrogen-bond acceptors (Lipinski definition) is 2. The molecule has 0 atom stereocenters. The number of carbonyl (C=O) groups excluding carboxylic acids is 2. The van der Waals surface area contributed by atoms with Gasteiger partial charge in [0.25, 0.3) is 0 Å². The van der Waals surface area contributed by atoms with Crippen molar-refractivity contribution in [3.05, 3.63) is 0 Å². The molecule has 0 aromatic rings. The summed E-state index contributed by atoms with van der Waals surface area (Å²) in [6, 6.07) is -0.187. The van der Waals surface area contributed by atoms with Gasteiger partial charge in [-0.25, -0.2) is 4.79 Å². The summed E-state index contributed by atoms with van der Waals surface area (Å²) in [5.41, 5.74) is 0. The molecule has 3 N–H and O–H groups in total. The van der Waals surface area contributed by atoms with Crippen LogP contribution in [-0.2, 0) is 4.79 Å². The van der Waals surface area contributed by atoms with Crippen LogP contribution in [0.5, 0.6) is 0 Å². The maximum atomic E-state index is 11.1. The van der Waals surface area contributed by atoms with Crippen molar-refractivity contribution >= 4 is 11.9 Å². The molecule has 0 saturated heterocycles. The Morgan fingerprint density at radius 2 is 1.79 bits per heavy atom. The summed E-state index contributed by atoms with van der Waals surface area (Å²) in [4.78, 5) is 22.0. The first kappa shape index (κ1) is 10.8. The number of hydrogen-bond donors (Lipinski definition) is 3. The van der Waals surface area contributed by atoms with Crippen molar-refractivity contribution < 1.29 is 9.59 Å². The van der Waals surface area contributed by atoms with Gasteiger partial charge in [-0.15, -0.1) is 0 Å². The van der Waals surface area contributed by atoms with Crippen LogP contribution < -0.4 is 16.0 Å². The largest absolute Gasteiger partial charge is 0.354 e. The molecule has 0 spiro atoms. The van der Waals surface area contributed by atoms with Gasteiger partial charge < -0.3 is 16.0 Å². The van der Waals surface area contributed by atoms with Gasteiger partial charge in [0.2, 0.25) is 5.91 Å². The SMILES string of the molecule is CCNC(=O)NCCNC(=O)C1CC1. The van der Waals surface area contributed by atoms with Gasteiger partial charge in [0.15, 0.2) is 0 Å². The second-order valence-corrected chi connectivity index (χ2v) is 3.35. The summed E-state index contributed by atoms with van der Waals surface area (Å²) in [6.45, 7) is 3.45. The Bertz CT molecular complexity index is 214. The van der Waals surface area contributed by atoms with Crippen LogP contribution in [0.2, 0.25) is 0 Å². The van der Waals surface area contributed by atoms with E-state index in [2.05, 4.69) is 16.0 Å². The average molecular weight is 199 g/mol. The monoisotopic (exact) mass is 199 g/mol. The van der Waals surface area contributed by atoms with Gasteiger partial charge >= 0.3 is 6.03 Å². The Balaban J connectivity index is 1.93. The van der Waals surface area contributed by atoms with E-state index in [0.29, 0.717) is 19.6 Å². The van der Waals surface area contributed by atoms with Gasteiger partial charge in [0.05, 0.1) is 0 Å². The molecule has 0 aromatic carbocycles. The van der Waals surface area contributed by atoms with Crippen LogP contribution in [0.15, 0.2) is 0 Å². The number of rotatable bonds is 5. The predicted octanol–water partition coefficient (Wildman–Crippen LogP) is -0.168. The lowest BCUT2D eigenvalue weighted by atomic mass is 10.4. The third-order valence-corrected chi connectivity index (χ3v) is 2.00. The van der Waals surface area contributed by atoms with Gasteiger partial charge in [-0.05, 0) is 19.8 Å². The lowest BCUT2D eigenvalue weighted by molar-refractivity contribution is -0.122. The van der Waals surface area contributed by atoms with E-state index in [1.54, 1.807) is 0 Å². The van der Waals surface area contributed by atoms with Crippen LogP contribution >= 0.6 is 0 Å². The van der Waals surface area contributed by atoms with Crippen molar-refractivity contribution in [3.8, 4) is 0 Å². The molecule has 14 heavy (non-hydrogen) atoms. The summed E-state index contributed by atoms with van der Waals surface area (Å²) in [7, 11) is 0. The highest BCUT2D eigenvalue weighted by Gasteiger charge is 2.28. The second-order valence-electron chi connectivity index (χ2n) is 3.35. The minimum absolute atomic E-state index is 0.114. The molecular weight excluding hydrogens is 182 g/mol. The molecular formula is C9H17N3O2. The lowest BCUT2D eigenvalue weighted by Gasteiger charge is -2.06. The summed E-state index contributed by atoms with van der Waals surface area (Å²) in [6.07, 6.45) is 2.02. The molecule has 1 fully saturated rings. The topological polar surface area (TPSA) is 70.2 Å². The molecule has 5 nitrogen and oxygen atoms in total. The Morgan fingerprint density at radius 1 is 1.14 bits per heavy atom. The third kappa shape index (κ3) is 4.11. The van der Waals surface area contributed by atoms with Crippen molar-refractivity contribution in [1.82, 2.24) is 16.0 Å². The van der Waals surface area contributed by atoms with Crippen LogP contribution in [0.3, 0.4) is 0 Å². The zero-order valence-electron chi connectivity index (χ0n) is 8.43. The highest BCUT2D eigenvalue weighted by molar-refractivity contribution is 5.80. The minimum atomic E-state index is -0.187. The van der Waals surface area contributed by atoms with E-state index >= 15 is 0 Å². The van der Waals surface area contributed by atoms with Crippen molar-refractivity contribution in [3.63, 3.8) is 0 Å². The summed E-state index contributed by atoms with van der Waals surface area (Å²) >= 11 is 0. The molecule has 0 bridgehead atoms. The predicted molar refractivity (Wildman–Crippen MR) is 52.8 cm³/mol. The highest BCUT2D eigenvalue weighted by atomic mass is 16.2. The van der Waals surface area contributed by atoms with Gasteiger partial charge in [-0.2, -0.15) is 0 Å². The van der Waals surface area contributed by atoms with Crippen molar-refractivity contribution in [2.75, 3.05) is 19.6 Å². The quantitative estimate of drug-likeness (QED) is 0.538. The Morgan fingerprint density at radius 3 is 2.36 bits per heavy atom. The average Bonchev–Trinajstić information content (AvgIpc) is 2.95. The molecule has 1 saturated carbocycles. The Hall–Kier alpha value is -1.26. The summed E-state index contributed by atoms with van der Waals surface area (Å²) < 4.78 is 0. The molecule has 1 aliphatic rings. The van der Waals surface area contributed by atoms with Gasteiger partial charge in [-0.3, -0.25) is 4.79 Å². The first-order valence-corrected chi connectivity index (χ1v) is 5.03. The molecule has 0 unspecified atom stereocenters.